The van der Waals surface area contributed by atoms with Gasteiger partial charge >= 0.3 is 0 Å². The number of ether oxygens (including phenoxy) is 1. The Morgan fingerprint density at radius 3 is 2.71 bits per heavy atom. The minimum absolute atomic E-state index is 0.0348. The van der Waals surface area contributed by atoms with Crippen LogP contribution in [0.4, 0.5) is 0 Å². The molecule has 2 saturated heterocycles. The molecule has 1 aromatic heterocycles. The average Bonchev–Trinajstić information content (AvgIpc) is 3.27. The molecule has 0 bridgehead atoms. The Morgan fingerprint density at radius 2 is 1.96 bits per heavy atom. The fourth-order valence-electron chi connectivity index (χ4n) is 3.37. The Labute approximate surface area is 139 Å². The third kappa shape index (κ3) is 2.69. The zero-order valence-electron chi connectivity index (χ0n) is 13.1. The van der Waals surface area contributed by atoms with Crippen molar-refractivity contribution in [2.24, 2.45) is 0 Å². The van der Waals surface area contributed by atoms with E-state index < -0.39 is 0 Å². The molecule has 3 heterocycles. The SMILES string of the molecule is O=C(c1ccco1)N1CC2OCC(=O)N(Cc3ccccc3)C2C1. The van der Waals surface area contributed by atoms with Gasteiger partial charge in [-0.25, -0.2) is 0 Å². The number of nitrogens with zero attached hydrogens (tertiary/aromatic N) is 2. The predicted octanol–water partition coefficient (Wildman–Crippen LogP) is 1.53. The summed E-state index contributed by atoms with van der Waals surface area (Å²) in [5, 5.41) is 0. The van der Waals surface area contributed by atoms with Crippen molar-refractivity contribution in [1.82, 2.24) is 9.80 Å². The fraction of sp³-hybridized carbons (Fsp3) is 0.333. The van der Waals surface area contributed by atoms with E-state index in [9.17, 15) is 9.59 Å². The lowest BCUT2D eigenvalue weighted by molar-refractivity contribution is -0.153. The molecule has 6 heteroatoms. The highest BCUT2D eigenvalue weighted by Gasteiger charge is 2.45. The molecule has 1 aromatic carbocycles. The van der Waals surface area contributed by atoms with Gasteiger partial charge in [-0.15, -0.1) is 0 Å². The number of carbonyl (C=O) groups excluding carboxylic acids is 2. The second-order valence-corrected chi connectivity index (χ2v) is 6.11. The lowest BCUT2D eigenvalue weighted by atomic mass is 10.1. The summed E-state index contributed by atoms with van der Waals surface area (Å²) in [6, 6.07) is 13.1. The van der Waals surface area contributed by atoms with Crippen LogP contribution in [0.2, 0.25) is 0 Å². The van der Waals surface area contributed by atoms with Gasteiger partial charge in [0, 0.05) is 19.6 Å². The summed E-state index contributed by atoms with van der Waals surface area (Å²) >= 11 is 0. The summed E-state index contributed by atoms with van der Waals surface area (Å²) < 4.78 is 10.9. The summed E-state index contributed by atoms with van der Waals surface area (Å²) in [7, 11) is 0. The maximum atomic E-state index is 12.5. The fourth-order valence-corrected chi connectivity index (χ4v) is 3.37. The van der Waals surface area contributed by atoms with Crippen LogP contribution in [0.5, 0.6) is 0 Å². The summed E-state index contributed by atoms with van der Waals surface area (Å²) in [6.07, 6.45) is 1.34. The molecule has 6 nitrogen and oxygen atoms in total. The normalized spacial score (nSPS) is 23.4. The molecular formula is C18H18N2O4. The van der Waals surface area contributed by atoms with Crippen molar-refractivity contribution in [2.45, 2.75) is 18.7 Å². The van der Waals surface area contributed by atoms with Crippen LogP contribution in [-0.2, 0) is 16.1 Å². The van der Waals surface area contributed by atoms with Crippen molar-refractivity contribution in [2.75, 3.05) is 19.7 Å². The third-order valence-corrected chi connectivity index (χ3v) is 4.59. The monoisotopic (exact) mass is 326 g/mol. The molecule has 2 aliphatic heterocycles. The van der Waals surface area contributed by atoms with Crippen LogP contribution in [0, 0.1) is 0 Å². The van der Waals surface area contributed by atoms with E-state index in [2.05, 4.69) is 0 Å². The van der Waals surface area contributed by atoms with Crippen molar-refractivity contribution in [1.29, 1.82) is 0 Å². The van der Waals surface area contributed by atoms with Gasteiger partial charge in [-0.05, 0) is 17.7 Å². The molecule has 2 aliphatic rings. The first kappa shape index (κ1) is 15.0. The van der Waals surface area contributed by atoms with Gasteiger partial charge in [0.25, 0.3) is 5.91 Å². The first-order valence-corrected chi connectivity index (χ1v) is 8.00. The van der Waals surface area contributed by atoms with Crippen molar-refractivity contribution < 1.29 is 18.7 Å². The Morgan fingerprint density at radius 1 is 1.12 bits per heavy atom. The van der Waals surface area contributed by atoms with Crippen LogP contribution in [0.1, 0.15) is 16.1 Å². The largest absolute Gasteiger partial charge is 0.459 e. The summed E-state index contributed by atoms with van der Waals surface area (Å²) in [5.41, 5.74) is 1.07. The van der Waals surface area contributed by atoms with E-state index in [0.717, 1.165) is 5.56 Å². The summed E-state index contributed by atoms with van der Waals surface area (Å²) in [4.78, 5) is 28.3. The molecule has 0 radical (unpaired) electrons. The minimum Gasteiger partial charge on any atom is -0.459 e. The van der Waals surface area contributed by atoms with Crippen molar-refractivity contribution in [3.8, 4) is 0 Å². The topological polar surface area (TPSA) is 63.0 Å². The lowest BCUT2D eigenvalue weighted by Crippen LogP contribution is -2.53. The second kappa shape index (κ2) is 6.13. The number of benzene rings is 1. The van der Waals surface area contributed by atoms with Crippen LogP contribution in [0.25, 0.3) is 0 Å². The van der Waals surface area contributed by atoms with Crippen LogP contribution in [0.15, 0.2) is 53.1 Å². The van der Waals surface area contributed by atoms with E-state index in [4.69, 9.17) is 9.15 Å². The highest BCUT2D eigenvalue weighted by atomic mass is 16.5. The van der Waals surface area contributed by atoms with Crippen LogP contribution in [0.3, 0.4) is 0 Å². The number of amides is 2. The van der Waals surface area contributed by atoms with Gasteiger partial charge in [-0.1, -0.05) is 30.3 Å². The number of fused-ring (bicyclic) bond motifs is 1. The molecule has 2 aromatic rings. The van der Waals surface area contributed by atoms with Crippen LogP contribution >= 0.6 is 0 Å². The van der Waals surface area contributed by atoms with Crippen molar-refractivity contribution in [3.63, 3.8) is 0 Å². The number of morpholine rings is 1. The Hall–Kier alpha value is -2.60. The van der Waals surface area contributed by atoms with Gasteiger partial charge in [0.15, 0.2) is 5.76 Å². The number of hydrogen-bond acceptors (Lipinski definition) is 4. The van der Waals surface area contributed by atoms with E-state index in [1.54, 1.807) is 17.0 Å². The number of hydrogen-bond donors (Lipinski definition) is 0. The molecule has 2 unspecified atom stereocenters. The average molecular weight is 326 g/mol. The number of furan rings is 1. The molecule has 0 spiro atoms. The maximum absolute atomic E-state index is 12.5. The van der Waals surface area contributed by atoms with Crippen molar-refractivity contribution >= 4 is 11.8 Å². The number of likely N-dealkylation sites (tertiary alicyclic amines) is 1. The Bertz CT molecular complexity index is 729. The molecular weight excluding hydrogens is 308 g/mol. The van der Waals surface area contributed by atoms with E-state index in [1.165, 1.54) is 6.26 Å². The minimum atomic E-state index is -0.162. The molecule has 124 valence electrons. The van der Waals surface area contributed by atoms with E-state index in [0.29, 0.717) is 25.4 Å². The summed E-state index contributed by atoms with van der Waals surface area (Å²) in [5.74, 6) is 0.118. The molecule has 2 amide bonds. The lowest BCUT2D eigenvalue weighted by Gasteiger charge is -2.36. The molecule has 2 fully saturated rings. The maximum Gasteiger partial charge on any atom is 0.289 e. The smallest absolute Gasteiger partial charge is 0.289 e. The number of rotatable bonds is 3. The molecule has 0 aliphatic carbocycles. The van der Waals surface area contributed by atoms with Gasteiger partial charge in [0.05, 0.1) is 18.4 Å². The van der Waals surface area contributed by atoms with Gasteiger partial charge in [-0.3, -0.25) is 9.59 Å². The Balaban J connectivity index is 1.52. The van der Waals surface area contributed by atoms with E-state index in [1.807, 2.05) is 35.2 Å². The first-order valence-electron chi connectivity index (χ1n) is 8.00. The van der Waals surface area contributed by atoms with Crippen LogP contribution in [-0.4, -0.2) is 53.5 Å². The summed E-state index contributed by atoms with van der Waals surface area (Å²) in [6.45, 7) is 1.54. The highest BCUT2D eigenvalue weighted by molar-refractivity contribution is 5.92. The molecule has 0 saturated carbocycles. The molecule has 0 N–H and O–H groups in total. The van der Waals surface area contributed by atoms with Gasteiger partial charge in [0.2, 0.25) is 5.91 Å². The first-order chi connectivity index (χ1) is 11.7. The zero-order chi connectivity index (χ0) is 16.5. The highest BCUT2D eigenvalue weighted by Crippen LogP contribution is 2.26. The van der Waals surface area contributed by atoms with E-state index in [-0.39, 0.29) is 30.6 Å². The zero-order valence-corrected chi connectivity index (χ0v) is 13.1. The second-order valence-electron chi connectivity index (χ2n) is 6.11. The predicted molar refractivity (Wildman–Crippen MR) is 85.1 cm³/mol. The Kier molecular flexibility index (Phi) is 3.82. The van der Waals surface area contributed by atoms with Gasteiger partial charge in [0.1, 0.15) is 6.61 Å². The van der Waals surface area contributed by atoms with E-state index >= 15 is 0 Å². The van der Waals surface area contributed by atoms with Gasteiger partial charge in [-0.2, -0.15) is 0 Å². The standard InChI is InChI=1S/C18H18N2O4/c21-17-12-24-16-11-19(18(22)15-7-4-8-23-15)10-14(16)20(17)9-13-5-2-1-3-6-13/h1-8,14,16H,9-12H2. The molecule has 24 heavy (non-hydrogen) atoms. The molecule has 4 rings (SSSR count). The quantitative estimate of drug-likeness (QED) is 0.858. The van der Waals surface area contributed by atoms with Crippen LogP contribution < -0.4 is 0 Å². The third-order valence-electron chi connectivity index (χ3n) is 4.59. The van der Waals surface area contributed by atoms with Crippen molar-refractivity contribution in [3.05, 3.63) is 60.1 Å². The number of carbonyl (C=O) groups is 2. The molecule has 2 atom stereocenters. The van der Waals surface area contributed by atoms with Gasteiger partial charge < -0.3 is 19.0 Å².